The van der Waals surface area contributed by atoms with E-state index >= 15 is 0 Å². The molecule has 0 saturated heterocycles. The molecular weight excluding hydrogens is 408 g/mol. The first kappa shape index (κ1) is 19.8. The number of rotatable bonds is 4. The summed E-state index contributed by atoms with van der Waals surface area (Å²) >= 11 is 7.53. The lowest BCUT2D eigenvalue weighted by molar-refractivity contribution is 0.103. The molecule has 2 aromatic heterocycles. The van der Waals surface area contributed by atoms with Crippen LogP contribution in [-0.2, 0) is 10.8 Å². The zero-order valence-electron chi connectivity index (χ0n) is 15.0. The molecule has 0 fully saturated rings. The molecule has 3 heterocycles. The number of ether oxygens (including phenoxy) is 1. The van der Waals surface area contributed by atoms with Gasteiger partial charge >= 0.3 is 0 Å². The average Bonchev–Trinajstić information content (AvgIpc) is 3.02. The number of halogens is 1. The van der Waals surface area contributed by atoms with Gasteiger partial charge < -0.3 is 15.8 Å². The molecule has 144 valence electrons. The topological polar surface area (TPSA) is 107 Å². The number of aliphatic imine (C=N–C) groups is 1. The van der Waals surface area contributed by atoms with Gasteiger partial charge in [0.05, 0.1) is 33.6 Å². The predicted molar refractivity (Wildman–Crippen MR) is 110 cm³/mol. The lowest BCUT2D eigenvalue weighted by atomic mass is 10.1. The van der Waals surface area contributed by atoms with Gasteiger partial charge in [0.1, 0.15) is 11.7 Å². The number of anilines is 1. The number of nitrogens with zero attached hydrogens (tertiary/aromatic N) is 2. The van der Waals surface area contributed by atoms with Crippen molar-refractivity contribution >= 4 is 51.3 Å². The fraction of sp³-hybridized carbons (Fsp3) is 0.353. The largest absolute Gasteiger partial charge is 0.481 e. The van der Waals surface area contributed by atoms with E-state index in [1.54, 1.807) is 38.1 Å². The van der Waals surface area contributed by atoms with Crippen LogP contribution in [0.5, 0.6) is 5.88 Å². The summed E-state index contributed by atoms with van der Waals surface area (Å²) in [4.78, 5) is 22.2. The minimum Gasteiger partial charge on any atom is -0.481 e. The summed E-state index contributed by atoms with van der Waals surface area (Å²) in [6.45, 7) is 3.60. The van der Waals surface area contributed by atoms with Gasteiger partial charge in [-0.2, -0.15) is 4.98 Å². The lowest BCUT2D eigenvalue weighted by Gasteiger charge is -2.30. The third-order valence-electron chi connectivity index (χ3n) is 4.20. The van der Waals surface area contributed by atoms with E-state index in [1.165, 1.54) is 18.4 Å². The molecule has 0 aromatic carbocycles. The standard InChI is InChI=1S/C17H19ClN4O3S2/c1-17(2)16(19)20-10(8-27(17)24)14-9(18)7-11(26-14)15(23)22-12-5-4-6-13(21-12)25-3/h4-7,10H,8H2,1-3H3,(H2,19,20)(H,21,22,23). The van der Waals surface area contributed by atoms with Crippen molar-refractivity contribution in [3.8, 4) is 5.88 Å². The molecule has 0 spiro atoms. The molecule has 1 aliphatic rings. The van der Waals surface area contributed by atoms with Crippen molar-refractivity contribution in [2.24, 2.45) is 10.7 Å². The maximum Gasteiger partial charge on any atom is 0.266 e. The summed E-state index contributed by atoms with van der Waals surface area (Å²) in [5.41, 5.74) is 6.00. The normalized spacial score (nSPS) is 21.4. The predicted octanol–water partition coefficient (Wildman–Crippen LogP) is 3.00. The second-order valence-corrected chi connectivity index (χ2v) is 9.93. The third kappa shape index (κ3) is 3.99. The fourth-order valence-electron chi connectivity index (χ4n) is 2.46. The van der Waals surface area contributed by atoms with Crippen LogP contribution in [0.4, 0.5) is 5.82 Å². The number of amidine groups is 1. The van der Waals surface area contributed by atoms with Gasteiger partial charge in [0.25, 0.3) is 5.91 Å². The number of carbonyl (C=O) groups is 1. The molecule has 1 aliphatic heterocycles. The quantitative estimate of drug-likeness (QED) is 0.781. The van der Waals surface area contributed by atoms with Crippen molar-refractivity contribution in [1.29, 1.82) is 0 Å². The number of hydrogen-bond acceptors (Lipinski definition) is 7. The Morgan fingerprint density at radius 1 is 1.48 bits per heavy atom. The van der Waals surface area contributed by atoms with Gasteiger partial charge in [0, 0.05) is 21.7 Å². The number of nitrogens with one attached hydrogen (secondary N) is 1. The molecule has 0 radical (unpaired) electrons. The van der Waals surface area contributed by atoms with E-state index in [-0.39, 0.29) is 5.91 Å². The van der Waals surface area contributed by atoms with Crippen molar-refractivity contribution in [3.05, 3.63) is 39.0 Å². The number of methoxy groups -OCH3 is 1. The molecule has 2 unspecified atom stereocenters. The molecule has 1 amide bonds. The number of pyridine rings is 1. The maximum absolute atomic E-state index is 12.5. The minimum absolute atomic E-state index is 0.312. The molecule has 0 saturated carbocycles. The summed E-state index contributed by atoms with van der Waals surface area (Å²) in [5, 5.41) is 3.11. The Morgan fingerprint density at radius 3 is 2.89 bits per heavy atom. The monoisotopic (exact) mass is 426 g/mol. The van der Waals surface area contributed by atoms with Crippen LogP contribution in [0, 0.1) is 0 Å². The van der Waals surface area contributed by atoms with Gasteiger partial charge in [-0.05, 0) is 26.0 Å². The van der Waals surface area contributed by atoms with E-state index in [0.29, 0.717) is 38.1 Å². The highest BCUT2D eigenvalue weighted by atomic mass is 35.5. The molecule has 0 bridgehead atoms. The van der Waals surface area contributed by atoms with Gasteiger partial charge in [-0.3, -0.25) is 14.0 Å². The first-order valence-corrected chi connectivity index (χ1v) is 10.6. The first-order chi connectivity index (χ1) is 12.7. The Balaban J connectivity index is 1.83. The van der Waals surface area contributed by atoms with Gasteiger partial charge in [-0.1, -0.05) is 17.7 Å². The molecule has 10 heteroatoms. The maximum atomic E-state index is 12.5. The van der Waals surface area contributed by atoms with Gasteiger partial charge in [-0.25, -0.2) is 0 Å². The van der Waals surface area contributed by atoms with Crippen LogP contribution in [-0.4, -0.2) is 38.5 Å². The van der Waals surface area contributed by atoms with Crippen molar-refractivity contribution in [2.45, 2.75) is 24.6 Å². The number of thiophene rings is 1. The summed E-state index contributed by atoms with van der Waals surface area (Å²) in [6.07, 6.45) is 0. The van der Waals surface area contributed by atoms with Gasteiger partial charge in [0.15, 0.2) is 0 Å². The molecule has 2 aromatic rings. The molecule has 7 nitrogen and oxygen atoms in total. The van der Waals surface area contributed by atoms with Gasteiger partial charge in [0.2, 0.25) is 5.88 Å². The van der Waals surface area contributed by atoms with E-state index in [0.717, 1.165) is 0 Å². The van der Waals surface area contributed by atoms with E-state index in [9.17, 15) is 9.00 Å². The highest BCUT2D eigenvalue weighted by Crippen LogP contribution is 2.38. The smallest absolute Gasteiger partial charge is 0.266 e. The SMILES string of the molecule is COc1cccc(NC(=O)c2cc(Cl)c(C3CS(=O)C(C)(C)C(N)=N3)s2)n1. The van der Waals surface area contributed by atoms with Crippen molar-refractivity contribution in [3.63, 3.8) is 0 Å². The Labute approximate surface area is 168 Å². The van der Waals surface area contributed by atoms with Crippen molar-refractivity contribution in [2.75, 3.05) is 18.2 Å². The zero-order valence-corrected chi connectivity index (χ0v) is 17.4. The van der Waals surface area contributed by atoms with Gasteiger partial charge in [-0.15, -0.1) is 11.3 Å². The molecule has 27 heavy (non-hydrogen) atoms. The number of carbonyl (C=O) groups excluding carboxylic acids is 1. The Hall–Kier alpha value is -1.97. The molecule has 0 aliphatic carbocycles. The number of hydrogen-bond donors (Lipinski definition) is 2. The Morgan fingerprint density at radius 2 is 2.22 bits per heavy atom. The van der Waals surface area contributed by atoms with Crippen LogP contribution in [0.2, 0.25) is 5.02 Å². The number of aromatic nitrogens is 1. The average molecular weight is 427 g/mol. The van der Waals surface area contributed by atoms with E-state index < -0.39 is 21.6 Å². The van der Waals surface area contributed by atoms with Crippen LogP contribution in [0.25, 0.3) is 0 Å². The van der Waals surface area contributed by atoms with E-state index in [2.05, 4.69) is 15.3 Å². The van der Waals surface area contributed by atoms with Crippen LogP contribution in [0.3, 0.4) is 0 Å². The molecule has 3 N–H and O–H groups in total. The van der Waals surface area contributed by atoms with Crippen LogP contribution >= 0.6 is 22.9 Å². The van der Waals surface area contributed by atoms with E-state index in [1.807, 2.05) is 0 Å². The first-order valence-electron chi connectivity index (χ1n) is 8.06. The third-order valence-corrected chi connectivity index (χ3v) is 7.83. The summed E-state index contributed by atoms with van der Waals surface area (Å²) in [7, 11) is 0.312. The molecule has 2 atom stereocenters. The fourth-order valence-corrected chi connectivity index (χ4v) is 5.20. The second-order valence-electron chi connectivity index (χ2n) is 6.39. The second kappa shape index (κ2) is 7.57. The Kier molecular flexibility index (Phi) is 5.55. The summed E-state index contributed by atoms with van der Waals surface area (Å²) in [5.74, 6) is 1.06. The zero-order chi connectivity index (χ0) is 19.8. The number of amides is 1. The highest BCUT2D eigenvalue weighted by Gasteiger charge is 2.38. The van der Waals surface area contributed by atoms with Crippen molar-refractivity contribution < 1.29 is 13.7 Å². The lowest BCUT2D eigenvalue weighted by Crippen LogP contribution is -2.47. The van der Waals surface area contributed by atoms with Crippen molar-refractivity contribution in [1.82, 2.24) is 4.98 Å². The van der Waals surface area contributed by atoms with E-state index in [4.69, 9.17) is 22.1 Å². The minimum atomic E-state index is -1.19. The molecule has 3 rings (SSSR count). The summed E-state index contributed by atoms with van der Waals surface area (Å²) < 4.78 is 16.9. The van der Waals surface area contributed by atoms with Crippen LogP contribution < -0.4 is 15.8 Å². The van der Waals surface area contributed by atoms with Crippen LogP contribution in [0.1, 0.15) is 34.4 Å². The summed E-state index contributed by atoms with van der Waals surface area (Å²) in [6, 6.07) is 6.22. The Bertz CT molecular complexity index is 942. The number of nitrogens with two attached hydrogens (primary N) is 1. The molecular formula is C17H19ClN4O3S2. The highest BCUT2D eigenvalue weighted by molar-refractivity contribution is 7.87. The van der Waals surface area contributed by atoms with Crippen LogP contribution in [0.15, 0.2) is 29.3 Å².